The van der Waals surface area contributed by atoms with Crippen molar-refractivity contribution in [3.8, 4) is 17.2 Å². The van der Waals surface area contributed by atoms with Crippen LogP contribution in [0.4, 0.5) is 4.39 Å². The summed E-state index contributed by atoms with van der Waals surface area (Å²) in [6, 6.07) is 9.51. The van der Waals surface area contributed by atoms with Crippen molar-refractivity contribution in [1.29, 1.82) is 0 Å². The Bertz CT molecular complexity index is 588. The molecule has 0 bridgehead atoms. The lowest BCUT2D eigenvalue weighted by atomic mass is 10.2. The number of rotatable bonds is 6. The Balaban J connectivity index is 2.26. The largest absolute Gasteiger partial charge is 0.493 e. The van der Waals surface area contributed by atoms with Crippen LogP contribution in [-0.2, 0) is 13.2 Å². The number of hydrogen-bond donors (Lipinski definition) is 1. The van der Waals surface area contributed by atoms with Crippen LogP contribution < -0.4 is 14.2 Å². The molecule has 0 aromatic heterocycles. The van der Waals surface area contributed by atoms with E-state index in [1.807, 2.05) is 0 Å². The minimum Gasteiger partial charge on any atom is -0.493 e. The summed E-state index contributed by atoms with van der Waals surface area (Å²) in [6.07, 6.45) is 0. The predicted octanol–water partition coefficient (Wildman–Crippen LogP) is 2.91. The van der Waals surface area contributed by atoms with E-state index in [1.165, 1.54) is 26.4 Å². The van der Waals surface area contributed by atoms with Crippen molar-refractivity contribution in [2.75, 3.05) is 14.2 Å². The maximum atomic E-state index is 13.1. The molecule has 112 valence electrons. The third kappa shape index (κ3) is 3.64. The van der Waals surface area contributed by atoms with E-state index >= 15 is 0 Å². The molecule has 0 aliphatic carbocycles. The third-order valence-electron chi connectivity index (χ3n) is 2.98. The summed E-state index contributed by atoms with van der Waals surface area (Å²) in [5.74, 6) is 1.01. The Hall–Kier alpha value is -2.27. The SMILES string of the molecule is COc1cc(CO)cc(OC)c1OCc1cccc(F)c1. The van der Waals surface area contributed by atoms with Gasteiger partial charge in [0, 0.05) is 0 Å². The van der Waals surface area contributed by atoms with Gasteiger partial charge in [-0.2, -0.15) is 0 Å². The van der Waals surface area contributed by atoms with Gasteiger partial charge in [-0.1, -0.05) is 12.1 Å². The fourth-order valence-electron chi connectivity index (χ4n) is 1.95. The van der Waals surface area contributed by atoms with E-state index in [2.05, 4.69) is 0 Å². The van der Waals surface area contributed by atoms with Crippen LogP contribution in [0.5, 0.6) is 17.2 Å². The molecule has 0 aliphatic rings. The highest BCUT2D eigenvalue weighted by Gasteiger charge is 2.14. The molecule has 2 rings (SSSR count). The van der Waals surface area contributed by atoms with Crippen LogP contribution in [0.15, 0.2) is 36.4 Å². The minimum atomic E-state index is -0.314. The quantitative estimate of drug-likeness (QED) is 0.889. The van der Waals surface area contributed by atoms with Gasteiger partial charge in [-0.3, -0.25) is 0 Å². The third-order valence-corrected chi connectivity index (χ3v) is 2.98. The lowest BCUT2D eigenvalue weighted by molar-refractivity contribution is 0.260. The molecule has 5 heteroatoms. The minimum absolute atomic E-state index is 0.128. The highest BCUT2D eigenvalue weighted by atomic mass is 19.1. The van der Waals surface area contributed by atoms with Crippen LogP contribution in [0.25, 0.3) is 0 Å². The van der Waals surface area contributed by atoms with E-state index in [4.69, 9.17) is 14.2 Å². The van der Waals surface area contributed by atoms with Crippen molar-refractivity contribution in [1.82, 2.24) is 0 Å². The molecule has 0 amide bonds. The molecule has 0 saturated heterocycles. The second kappa shape index (κ2) is 6.95. The molecule has 1 N–H and O–H groups in total. The van der Waals surface area contributed by atoms with Gasteiger partial charge >= 0.3 is 0 Å². The van der Waals surface area contributed by atoms with E-state index in [-0.39, 0.29) is 19.0 Å². The predicted molar refractivity (Wildman–Crippen MR) is 76.2 cm³/mol. The molecule has 2 aromatic rings. The van der Waals surface area contributed by atoms with Gasteiger partial charge in [0.25, 0.3) is 0 Å². The Labute approximate surface area is 122 Å². The Kier molecular flexibility index (Phi) is 5.00. The molecule has 0 aliphatic heterocycles. The van der Waals surface area contributed by atoms with Crippen LogP contribution in [0, 0.1) is 5.82 Å². The molecular weight excluding hydrogens is 275 g/mol. The summed E-state index contributed by atoms with van der Waals surface area (Å²) >= 11 is 0. The lowest BCUT2D eigenvalue weighted by Gasteiger charge is -2.15. The zero-order valence-electron chi connectivity index (χ0n) is 11.9. The van der Waals surface area contributed by atoms with Crippen molar-refractivity contribution >= 4 is 0 Å². The summed E-state index contributed by atoms with van der Waals surface area (Å²) < 4.78 is 29.3. The summed E-state index contributed by atoms with van der Waals surface area (Å²) in [7, 11) is 3.01. The molecule has 4 nitrogen and oxygen atoms in total. The van der Waals surface area contributed by atoms with Crippen molar-refractivity contribution in [3.05, 3.63) is 53.3 Å². The average molecular weight is 292 g/mol. The molecule has 0 saturated carbocycles. The van der Waals surface area contributed by atoms with Gasteiger partial charge in [-0.05, 0) is 35.4 Å². The first-order valence-corrected chi connectivity index (χ1v) is 6.41. The first-order valence-electron chi connectivity index (χ1n) is 6.41. The number of aliphatic hydroxyl groups excluding tert-OH is 1. The van der Waals surface area contributed by atoms with Crippen LogP contribution in [-0.4, -0.2) is 19.3 Å². The van der Waals surface area contributed by atoms with Gasteiger partial charge in [0.1, 0.15) is 12.4 Å². The van der Waals surface area contributed by atoms with Gasteiger partial charge < -0.3 is 19.3 Å². The molecule has 2 aromatic carbocycles. The maximum absolute atomic E-state index is 13.1. The smallest absolute Gasteiger partial charge is 0.203 e. The van der Waals surface area contributed by atoms with Crippen LogP contribution in [0.1, 0.15) is 11.1 Å². The molecular formula is C16H17FO4. The number of hydrogen-bond acceptors (Lipinski definition) is 4. The number of ether oxygens (including phenoxy) is 3. The Morgan fingerprint density at radius 1 is 1.00 bits per heavy atom. The summed E-state index contributed by atoms with van der Waals surface area (Å²) in [5, 5.41) is 9.21. The van der Waals surface area contributed by atoms with Crippen molar-refractivity contribution in [2.24, 2.45) is 0 Å². The van der Waals surface area contributed by atoms with Crippen LogP contribution in [0.2, 0.25) is 0 Å². The normalized spacial score (nSPS) is 10.3. The van der Waals surface area contributed by atoms with Crippen molar-refractivity contribution < 1.29 is 23.7 Å². The topological polar surface area (TPSA) is 47.9 Å². The van der Waals surface area contributed by atoms with E-state index in [0.29, 0.717) is 28.4 Å². The Morgan fingerprint density at radius 2 is 1.67 bits per heavy atom. The summed E-state index contributed by atoms with van der Waals surface area (Å²) in [4.78, 5) is 0. The monoisotopic (exact) mass is 292 g/mol. The van der Waals surface area contributed by atoms with Gasteiger partial charge in [0.15, 0.2) is 11.5 Å². The van der Waals surface area contributed by atoms with Crippen LogP contribution in [0.3, 0.4) is 0 Å². The molecule has 0 unspecified atom stereocenters. The van der Waals surface area contributed by atoms with Gasteiger partial charge in [0.05, 0.1) is 20.8 Å². The standard InChI is InChI=1S/C16H17FO4/c1-19-14-7-12(9-18)8-15(20-2)16(14)21-10-11-4-3-5-13(17)6-11/h3-8,18H,9-10H2,1-2H3. The van der Waals surface area contributed by atoms with Gasteiger partial charge in [-0.25, -0.2) is 4.39 Å². The van der Waals surface area contributed by atoms with Crippen molar-refractivity contribution in [2.45, 2.75) is 13.2 Å². The van der Waals surface area contributed by atoms with E-state index in [0.717, 1.165) is 0 Å². The summed E-state index contributed by atoms with van der Waals surface area (Å²) in [5.41, 5.74) is 1.35. The zero-order valence-corrected chi connectivity index (χ0v) is 11.9. The number of benzene rings is 2. The average Bonchev–Trinajstić information content (AvgIpc) is 2.52. The summed E-state index contributed by atoms with van der Waals surface area (Å²) in [6.45, 7) is 0.0554. The second-order valence-electron chi connectivity index (χ2n) is 4.41. The molecule has 0 atom stereocenters. The highest BCUT2D eigenvalue weighted by molar-refractivity contribution is 5.53. The molecule has 0 fully saturated rings. The highest BCUT2D eigenvalue weighted by Crippen LogP contribution is 2.39. The number of methoxy groups -OCH3 is 2. The van der Waals surface area contributed by atoms with Gasteiger partial charge in [0.2, 0.25) is 5.75 Å². The zero-order chi connectivity index (χ0) is 15.2. The van der Waals surface area contributed by atoms with E-state index in [1.54, 1.807) is 24.3 Å². The molecule has 0 radical (unpaired) electrons. The fourth-order valence-corrected chi connectivity index (χ4v) is 1.95. The number of halogens is 1. The van der Waals surface area contributed by atoms with Gasteiger partial charge in [-0.15, -0.1) is 0 Å². The number of aliphatic hydroxyl groups is 1. The van der Waals surface area contributed by atoms with E-state index < -0.39 is 0 Å². The van der Waals surface area contributed by atoms with E-state index in [9.17, 15) is 9.50 Å². The molecule has 0 spiro atoms. The fraction of sp³-hybridized carbons (Fsp3) is 0.250. The van der Waals surface area contributed by atoms with Crippen molar-refractivity contribution in [3.63, 3.8) is 0 Å². The Morgan fingerprint density at radius 3 is 2.19 bits per heavy atom. The lowest BCUT2D eigenvalue weighted by Crippen LogP contribution is -2.01. The molecule has 0 heterocycles. The maximum Gasteiger partial charge on any atom is 0.203 e. The first kappa shape index (κ1) is 15.1. The first-order chi connectivity index (χ1) is 10.2. The molecule has 21 heavy (non-hydrogen) atoms. The second-order valence-corrected chi connectivity index (χ2v) is 4.41. The van der Waals surface area contributed by atoms with Crippen LogP contribution >= 0.6 is 0 Å².